The number of rotatable bonds is 7. The Morgan fingerprint density at radius 3 is 1.87 bits per heavy atom. The standard InChI is InChI=1S/C32H55N3O3/c1-15-31(13,21-17-22(28(5,6)7)24(36)23(18-21)29(8,9)10)26(37)33-25(20(3)4)35-19-30(11,12)34-32(14,16-2)27(35)38/h17-18,20,25,34,36H,15-16,19H2,1-14H3,(H,33,37). The molecule has 6 heteroatoms. The topological polar surface area (TPSA) is 81.7 Å². The first-order valence-corrected chi connectivity index (χ1v) is 14.3. The molecule has 0 bridgehead atoms. The molecule has 3 atom stereocenters. The van der Waals surface area contributed by atoms with Crippen LogP contribution in [0.5, 0.6) is 5.75 Å². The van der Waals surface area contributed by atoms with E-state index in [0.29, 0.717) is 25.1 Å². The average Bonchev–Trinajstić information content (AvgIpc) is 2.77. The van der Waals surface area contributed by atoms with Crippen molar-refractivity contribution in [1.29, 1.82) is 0 Å². The maximum atomic E-state index is 14.2. The van der Waals surface area contributed by atoms with Crippen molar-refractivity contribution in [3.05, 3.63) is 28.8 Å². The first-order chi connectivity index (χ1) is 17.0. The van der Waals surface area contributed by atoms with Gasteiger partial charge in [-0.15, -0.1) is 0 Å². The summed E-state index contributed by atoms with van der Waals surface area (Å²) in [6.45, 7) is 29.3. The summed E-state index contributed by atoms with van der Waals surface area (Å²) in [5.74, 6) is 0.243. The minimum absolute atomic E-state index is 0.0196. The van der Waals surface area contributed by atoms with Gasteiger partial charge >= 0.3 is 0 Å². The summed E-state index contributed by atoms with van der Waals surface area (Å²) in [5.41, 5.74) is 0.152. The van der Waals surface area contributed by atoms with Gasteiger partial charge in [0.2, 0.25) is 11.8 Å². The number of hydrogen-bond acceptors (Lipinski definition) is 4. The molecule has 1 fully saturated rings. The van der Waals surface area contributed by atoms with Crippen LogP contribution in [0.4, 0.5) is 0 Å². The lowest BCUT2D eigenvalue weighted by atomic mass is 9.72. The Morgan fingerprint density at radius 1 is 1.03 bits per heavy atom. The molecule has 2 rings (SSSR count). The largest absolute Gasteiger partial charge is 0.507 e. The molecule has 216 valence electrons. The van der Waals surface area contributed by atoms with E-state index < -0.39 is 17.1 Å². The van der Waals surface area contributed by atoms with E-state index in [0.717, 1.165) is 16.7 Å². The SMILES string of the molecule is CCC1(C)NC(C)(C)CN(C(NC(=O)C(C)(CC)c2cc(C(C)(C)C)c(O)c(C(C)(C)C)c2)C(C)C)C1=O. The van der Waals surface area contributed by atoms with Crippen LogP contribution in [0.25, 0.3) is 0 Å². The van der Waals surface area contributed by atoms with Crippen LogP contribution in [0.2, 0.25) is 0 Å². The zero-order valence-corrected chi connectivity index (χ0v) is 26.6. The Morgan fingerprint density at radius 2 is 1.50 bits per heavy atom. The van der Waals surface area contributed by atoms with E-state index in [1.807, 2.05) is 44.7 Å². The second kappa shape index (κ2) is 10.5. The van der Waals surface area contributed by atoms with Crippen molar-refractivity contribution in [2.75, 3.05) is 6.54 Å². The fraction of sp³-hybridized carbons (Fsp3) is 0.750. The van der Waals surface area contributed by atoms with Crippen LogP contribution in [0.1, 0.15) is 126 Å². The van der Waals surface area contributed by atoms with Gasteiger partial charge in [-0.2, -0.15) is 0 Å². The number of carbonyl (C=O) groups excluding carboxylic acids is 2. The van der Waals surface area contributed by atoms with Gasteiger partial charge in [0.25, 0.3) is 0 Å². The van der Waals surface area contributed by atoms with Crippen LogP contribution in [-0.2, 0) is 25.8 Å². The predicted molar refractivity (Wildman–Crippen MR) is 158 cm³/mol. The molecule has 0 aromatic heterocycles. The van der Waals surface area contributed by atoms with Crippen LogP contribution in [0.3, 0.4) is 0 Å². The van der Waals surface area contributed by atoms with E-state index in [9.17, 15) is 14.7 Å². The summed E-state index contributed by atoms with van der Waals surface area (Å²) < 4.78 is 0. The number of benzene rings is 1. The van der Waals surface area contributed by atoms with Gasteiger partial charge in [-0.1, -0.05) is 81.4 Å². The van der Waals surface area contributed by atoms with Crippen molar-refractivity contribution in [2.45, 2.75) is 143 Å². The lowest BCUT2D eigenvalue weighted by Gasteiger charge is -2.52. The number of nitrogens with one attached hydrogen (secondary N) is 2. The van der Waals surface area contributed by atoms with Gasteiger partial charge in [0.05, 0.1) is 11.0 Å². The average molecular weight is 530 g/mol. The first kappa shape index (κ1) is 32.1. The summed E-state index contributed by atoms with van der Waals surface area (Å²) in [6, 6.07) is 4.01. The number of hydrogen-bond donors (Lipinski definition) is 3. The highest BCUT2D eigenvalue weighted by molar-refractivity contribution is 5.90. The third-order valence-corrected chi connectivity index (χ3v) is 8.44. The lowest BCUT2D eigenvalue weighted by Crippen LogP contribution is -2.74. The van der Waals surface area contributed by atoms with E-state index in [4.69, 9.17) is 0 Å². The van der Waals surface area contributed by atoms with E-state index in [1.165, 1.54) is 0 Å². The maximum absolute atomic E-state index is 14.2. The van der Waals surface area contributed by atoms with Crippen molar-refractivity contribution in [3.8, 4) is 5.75 Å². The highest BCUT2D eigenvalue weighted by atomic mass is 16.3. The second-order valence-corrected chi connectivity index (χ2v) is 14.9. The van der Waals surface area contributed by atoms with Gasteiger partial charge < -0.3 is 15.3 Å². The van der Waals surface area contributed by atoms with Crippen LogP contribution < -0.4 is 10.6 Å². The number of piperazine rings is 1. The summed E-state index contributed by atoms with van der Waals surface area (Å²) in [6.07, 6.45) is 0.805. The van der Waals surface area contributed by atoms with E-state index in [-0.39, 0.29) is 34.1 Å². The normalized spacial score (nSPS) is 22.8. The smallest absolute Gasteiger partial charge is 0.244 e. The van der Waals surface area contributed by atoms with Gasteiger partial charge in [-0.05, 0) is 74.0 Å². The molecule has 2 amide bonds. The van der Waals surface area contributed by atoms with Crippen LogP contribution >= 0.6 is 0 Å². The van der Waals surface area contributed by atoms with Crippen molar-refractivity contribution in [2.24, 2.45) is 5.92 Å². The third-order valence-electron chi connectivity index (χ3n) is 8.44. The Bertz CT molecular complexity index is 1010. The van der Waals surface area contributed by atoms with E-state index in [2.05, 4.69) is 79.9 Å². The Kier molecular flexibility index (Phi) is 8.86. The monoisotopic (exact) mass is 529 g/mol. The third kappa shape index (κ3) is 6.21. The number of carbonyl (C=O) groups is 2. The van der Waals surface area contributed by atoms with Gasteiger partial charge in [0.15, 0.2) is 0 Å². The molecule has 1 aliphatic heterocycles. The van der Waals surface area contributed by atoms with Gasteiger partial charge in [-0.3, -0.25) is 14.9 Å². The molecule has 1 aromatic carbocycles. The zero-order valence-electron chi connectivity index (χ0n) is 26.6. The molecule has 0 radical (unpaired) electrons. The molecule has 1 heterocycles. The quantitative estimate of drug-likeness (QED) is 0.397. The summed E-state index contributed by atoms with van der Waals surface area (Å²) in [4.78, 5) is 29.8. The van der Waals surface area contributed by atoms with Crippen molar-refractivity contribution in [1.82, 2.24) is 15.5 Å². The van der Waals surface area contributed by atoms with Crippen molar-refractivity contribution < 1.29 is 14.7 Å². The van der Waals surface area contributed by atoms with Gasteiger partial charge in [0, 0.05) is 12.1 Å². The lowest BCUT2D eigenvalue weighted by molar-refractivity contribution is -0.151. The summed E-state index contributed by atoms with van der Waals surface area (Å²) >= 11 is 0. The van der Waals surface area contributed by atoms with E-state index in [1.54, 1.807) is 0 Å². The molecule has 0 saturated carbocycles. The Labute approximate surface area is 232 Å². The molecule has 1 saturated heterocycles. The van der Waals surface area contributed by atoms with Crippen molar-refractivity contribution in [3.63, 3.8) is 0 Å². The fourth-order valence-corrected chi connectivity index (χ4v) is 5.61. The number of phenolic OH excluding ortho intramolecular Hbond substituents is 1. The summed E-state index contributed by atoms with van der Waals surface area (Å²) in [5, 5.41) is 18.1. The number of phenols is 1. The Balaban J connectivity index is 2.61. The number of nitrogens with zero attached hydrogens (tertiary/aromatic N) is 1. The van der Waals surface area contributed by atoms with Crippen molar-refractivity contribution >= 4 is 11.8 Å². The molecule has 3 unspecified atom stereocenters. The van der Waals surface area contributed by atoms with Gasteiger partial charge in [-0.25, -0.2) is 0 Å². The molecule has 1 aromatic rings. The van der Waals surface area contributed by atoms with Crippen LogP contribution in [0, 0.1) is 5.92 Å². The first-order valence-electron chi connectivity index (χ1n) is 14.3. The Hall–Kier alpha value is -2.08. The highest BCUT2D eigenvalue weighted by Crippen LogP contribution is 2.43. The molecule has 1 aliphatic rings. The molecular formula is C32H55N3O3. The molecule has 6 nitrogen and oxygen atoms in total. The zero-order chi connectivity index (χ0) is 29.6. The van der Waals surface area contributed by atoms with Crippen LogP contribution in [-0.4, -0.2) is 45.6 Å². The molecule has 0 aliphatic carbocycles. The molecule has 38 heavy (non-hydrogen) atoms. The molecular weight excluding hydrogens is 474 g/mol. The second-order valence-electron chi connectivity index (χ2n) is 14.9. The van der Waals surface area contributed by atoms with E-state index >= 15 is 0 Å². The summed E-state index contributed by atoms with van der Waals surface area (Å²) in [7, 11) is 0. The minimum Gasteiger partial charge on any atom is -0.507 e. The minimum atomic E-state index is -0.846. The van der Waals surface area contributed by atoms with Crippen LogP contribution in [0.15, 0.2) is 12.1 Å². The fourth-order valence-electron chi connectivity index (χ4n) is 5.61. The predicted octanol–water partition coefficient (Wildman–Crippen LogP) is 6.13. The number of aromatic hydroxyl groups is 1. The maximum Gasteiger partial charge on any atom is 0.244 e. The molecule has 0 spiro atoms. The highest BCUT2D eigenvalue weighted by Gasteiger charge is 2.49. The molecule has 3 N–H and O–H groups in total. The number of amides is 2. The van der Waals surface area contributed by atoms with Gasteiger partial charge in [0.1, 0.15) is 11.9 Å².